The second-order valence-corrected chi connectivity index (χ2v) is 14.2. The Labute approximate surface area is 165 Å². The van der Waals surface area contributed by atoms with Gasteiger partial charge in [0, 0.05) is 12.6 Å². The third-order valence-electron chi connectivity index (χ3n) is 4.99. The van der Waals surface area contributed by atoms with Crippen LogP contribution < -0.4 is 0 Å². The molecule has 1 rings (SSSR count). The second kappa shape index (κ2) is 8.77. The summed E-state index contributed by atoms with van der Waals surface area (Å²) in [6, 6.07) is -0.349. The van der Waals surface area contributed by atoms with Crippen molar-refractivity contribution in [2.45, 2.75) is 90.8 Å². The molecule has 2 unspecified atom stereocenters. The van der Waals surface area contributed by atoms with Gasteiger partial charge >= 0.3 is 12.1 Å². The Bertz CT molecular complexity index is 560. The molecule has 0 saturated carbocycles. The predicted molar refractivity (Wildman–Crippen MR) is 109 cm³/mol. The Balaban J connectivity index is 3.05. The van der Waals surface area contributed by atoms with Crippen LogP contribution in [0.15, 0.2) is 12.2 Å². The highest BCUT2D eigenvalue weighted by Crippen LogP contribution is 2.39. The van der Waals surface area contributed by atoms with E-state index in [4.69, 9.17) is 13.9 Å². The molecule has 0 aromatic carbocycles. The Hall–Kier alpha value is -1.34. The smallest absolute Gasteiger partial charge is 0.410 e. The highest BCUT2D eigenvalue weighted by Gasteiger charge is 2.45. The number of hydrogen-bond acceptors (Lipinski definition) is 5. The second-order valence-electron chi connectivity index (χ2n) is 9.48. The molecule has 6 nitrogen and oxygen atoms in total. The van der Waals surface area contributed by atoms with Crippen molar-refractivity contribution in [1.82, 2.24) is 4.90 Å². The lowest BCUT2D eigenvalue weighted by molar-refractivity contribution is -0.137. The Morgan fingerprint density at radius 1 is 1.15 bits per heavy atom. The molecule has 1 aliphatic rings. The van der Waals surface area contributed by atoms with Crippen LogP contribution in [0.4, 0.5) is 4.79 Å². The number of amides is 1. The van der Waals surface area contributed by atoms with Gasteiger partial charge in [-0.1, -0.05) is 26.8 Å². The molecule has 0 spiro atoms. The fourth-order valence-electron chi connectivity index (χ4n) is 2.60. The van der Waals surface area contributed by atoms with Gasteiger partial charge in [0.15, 0.2) is 8.32 Å². The van der Waals surface area contributed by atoms with Crippen molar-refractivity contribution >= 4 is 20.4 Å². The first kappa shape index (κ1) is 23.7. The van der Waals surface area contributed by atoms with Crippen molar-refractivity contribution in [2.75, 3.05) is 13.2 Å². The van der Waals surface area contributed by atoms with E-state index in [0.29, 0.717) is 19.6 Å². The lowest BCUT2D eigenvalue weighted by Crippen LogP contribution is -2.48. The van der Waals surface area contributed by atoms with Gasteiger partial charge in [0.25, 0.3) is 0 Å². The van der Waals surface area contributed by atoms with Crippen molar-refractivity contribution in [3.8, 4) is 0 Å². The molecule has 1 aliphatic heterocycles. The summed E-state index contributed by atoms with van der Waals surface area (Å²) in [7, 11) is -2.02. The number of nitrogens with zero attached hydrogens (tertiary/aromatic N) is 1. The van der Waals surface area contributed by atoms with Crippen LogP contribution in [0.25, 0.3) is 0 Å². The number of hydrogen-bond donors (Lipinski definition) is 0. The molecular formula is C20H37NO5Si. The first-order chi connectivity index (χ1) is 12.2. The van der Waals surface area contributed by atoms with Crippen LogP contribution in [0.2, 0.25) is 18.1 Å². The zero-order valence-corrected chi connectivity index (χ0v) is 19.4. The first-order valence-electron chi connectivity index (χ1n) is 9.70. The quantitative estimate of drug-likeness (QED) is 0.387. The van der Waals surface area contributed by atoms with Crippen molar-refractivity contribution in [2.24, 2.45) is 0 Å². The van der Waals surface area contributed by atoms with E-state index in [2.05, 4.69) is 33.9 Å². The highest BCUT2D eigenvalue weighted by molar-refractivity contribution is 6.74. The Morgan fingerprint density at radius 3 is 2.22 bits per heavy atom. The van der Waals surface area contributed by atoms with Crippen molar-refractivity contribution in [3.63, 3.8) is 0 Å². The molecule has 0 aromatic rings. The standard InChI is InChI=1S/C20H37NO5Si/c1-10-24-17(22)12-11-15-16(26-27(8,9)20(5,6)7)13-14-21(15)18(23)25-19(2,3)4/h11-12,15-16H,10,13-14H2,1-9H3. The zero-order chi connectivity index (χ0) is 21.0. The minimum Gasteiger partial charge on any atom is -0.463 e. The molecule has 0 aliphatic carbocycles. The minimum atomic E-state index is -2.02. The van der Waals surface area contributed by atoms with Crippen LogP contribution in [-0.4, -0.2) is 56.2 Å². The minimum absolute atomic E-state index is 0.0573. The molecule has 1 heterocycles. The van der Waals surface area contributed by atoms with E-state index < -0.39 is 19.9 Å². The SMILES string of the molecule is CCOC(=O)C=CC1C(O[Si](C)(C)C(C)(C)C)CCN1C(=O)OC(C)(C)C. The maximum atomic E-state index is 12.7. The van der Waals surface area contributed by atoms with E-state index in [1.165, 1.54) is 6.08 Å². The van der Waals surface area contributed by atoms with E-state index >= 15 is 0 Å². The molecule has 1 fully saturated rings. The van der Waals surface area contributed by atoms with Gasteiger partial charge in [0.2, 0.25) is 0 Å². The average Bonchev–Trinajstić information content (AvgIpc) is 2.84. The maximum Gasteiger partial charge on any atom is 0.410 e. The van der Waals surface area contributed by atoms with E-state index in [1.54, 1.807) is 17.9 Å². The van der Waals surface area contributed by atoms with Gasteiger partial charge in [-0.15, -0.1) is 0 Å². The summed E-state index contributed by atoms with van der Waals surface area (Å²) in [5, 5.41) is 0.0573. The number of carbonyl (C=O) groups excluding carboxylic acids is 2. The third kappa shape index (κ3) is 6.96. The fraction of sp³-hybridized carbons (Fsp3) is 0.800. The number of carbonyl (C=O) groups is 2. The van der Waals surface area contributed by atoms with E-state index in [9.17, 15) is 9.59 Å². The Kier molecular flexibility index (Phi) is 7.70. The molecule has 1 amide bonds. The van der Waals surface area contributed by atoms with Gasteiger partial charge in [-0.3, -0.25) is 4.90 Å². The first-order valence-corrected chi connectivity index (χ1v) is 12.6. The summed E-state index contributed by atoms with van der Waals surface area (Å²) in [4.78, 5) is 26.1. The Morgan fingerprint density at radius 2 is 1.74 bits per heavy atom. The molecule has 2 atom stereocenters. The lowest BCUT2D eigenvalue weighted by Gasteiger charge is -2.40. The van der Waals surface area contributed by atoms with Gasteiger partial charge < -0.3 is 13.9 Å². The van der Waals surface area contributed by atoms with Crippen molar-refractivity contribution < 1.29 is 23.5 Å². The summed E-state index contributed by atoms with van der Waals surface area (Å²) in [6.07, 6.45) is 3.27. The van der Waals surface area contributed by atoms with Gasteiger partial charge in [-0.05, 0) is 52.2 Å². The van der Waals surface area contributed by atoms with E-state index in [1.807, 2.05) is 20.8 Å². The molecular weight excluding hydrogens is 362 g/mol. The zero-order valence-electron chi connectivity index (χ0n) is 18.4. The number of rotatable bonds is 5. The van der Waals surface area contributed by atoms with Crippen LogP contribution in [0, 0.1) is 0 Å². The summed E-state index contributed by atoms with van der Waals surface area (Å²) < 4.78 is 17.1. The van der Waals surface area contributed by atoms with Crippen LogP contribution >= 0.6 is 0 Å². The molecule has 27 heavy (non-hydrogen) atoms. The predicted octanol–water partition coefficient (Wildman–Crippen LogP) is 4.51. The number of esters is 1. The van der Waals surface area contributed by atoms with Crippen molar-refractivity contribution in [1.29, 1.82) is 0 Å². The van der Waals surface area contributed by atoms with E-state index in [-0.39, 0.29) is 23.3 Å². The highest BCUT2D eigenvalue weighted by atomic mass is 28.4. The van der Waals surface area contributed by atoms with Gasteiger partial charge in [0.1, 0.15) is 5.60 Å². The topological polar surface area (TPSA) is 65.1 Å². The number of ether oxygens (including phenoxy) is 2. The maximum absolute atomic E-state index is 12.7. The summed E-state index contributed by atoms with van der Waals surface area (Å²) in [6.45, 7) is 19.1. The van der Waals surface area contributed by atoms with Crippen LogP contribution in [0.5, 0.6) is 0 Å². The molecule has 0 N–H and O–H groups in total. The monoisotopic (exact) mass is 399 g/mol. The van der Waals surface area contributed by atoms with Crippen LogP contribution in [-0.2, 0) is 18.7 Å². The average molecular weight is 400 g/mol. The van der Waals surface area contributed by atoms with Gasteiger partial charge in [-0.2, -0.15) is 0 Å². The summed E-state index contributed by atoms with van der Waals surface area (Å²) in [5.41, 5.74) is -0.579. The molecule has 0 aromatic heterocycles. The van der Waals surface area contributed by atoms with Crippen LogP contribution in [0.3, 0.4) is 0 Å². The molecule has 156 valence electrons. The van der Waals surface area contributed by atoms with Crippen LogP contribution in [0.1, 0.15) is 54.9 Å². The molecule has 1 saturated heterocycles. The third-order valence-corrected chi connectivity index (χ3v) is 9.50. The fourth-order valence-corrected chi connectivity index (χ4v) is 3.97. The largest absolute Gasteiger partial charge is 0.463 e. The summed E-state index contributed by atoms with van der Waals surface area (Å²) in [5.74, 6) is -0.417. The number of likely N-dealkylation sites (tertiary alicyclic amines) is 1. The van der Waals surface area contributed by atoms with E-state index in [0.717, 1.165) is 0 Å². The van der Waals surface area contributed by atoms with Gasteiger partial charge in [0.05, 0.1) is 18.8 Å². The summed E-state index contributed by atoms with van der Waals surface area (Å²) >= 11 is 0. The van der Waals surface area contributed by atoms with Gasteiger partial charge in [-0.25, -0.2) is 9.59 Å². The van der Waals surface area contributed by atoms with Crippen molar-refractivity contribution in [3.05, 3.63) is 12.2 Å². The lowest BCUT2D eigenvalue weighted by atomic mass is 10.1. The molecule has 7 heteroatoms. The normalized spacial score (nSPS) is 21.6. The molecule has 0 radical (unpaired) electrons. The molecule has 0 bridgehead atoms.